The second-order valence-corrected chi connectivity index (χ2v) is 12.7. The highest BCUT2D eigenvalue weighted by Crippen LogP contribution is 2.15. The van der Waals surface area contributed by atoms with Crippen molar-refractivity contribution in [3.05, 3.63) is 0 Å². The Morgan fingerprint density at radius 2 is 0.600 bits per heavy atom. The number of unbranched alkanes of at least 4 members (excludes halogenated alkanes) is 22. The van der Waals surface area contributed by atoms with Gasteiger partial charge < -0.3 is 8.37 Å². The molecule has 0 atom stereocenters. The van der Waals surface area contributed by atoms with Gasteiger partial charge in [0.05, 0.1) is 24.1 Å². The van der Waals surface area contributed by atoms with E-state index in [9.17, 15) is 9.59 Å². The summed E-state index contributed by atoms with van der Waals surface area (Å²) in [5, 5.41) is 0. The normalized spacial score (nSPS) is 10.7. The number of hydrogen-bond acceptors (Lipinski definition) is 6. The van der Waals surface area contributed by atoms with E-state index in [0.717, 1.165) is 11.5 Å². The van der Waals surface area contributed by atoms with E-state index in [1.54, 1.807) is 0 Å². The van der Waals surface area contributed by atoms with E-state index in [-0.39, 0.29) is 11.9 Å². The summed E-state index contributed by atoms with van der Waals surface area (Å²) in [4.78, 5) is 21.8. The van der Waals surface area contributed by atoms with Crippen LogP contribution in [0.5, 0.6) is 0 Å². The quantitative estimate of drug-likeness (QED) is 0.0600. The lowest BCUT2D eigenvalue weighted by molar-refractivity contribution is -0.133. The van der Waals surface area contributed by atoms with Gasteiger partial charge in [-0.25, -0.2) is 0 Å². The molecule has 240 valence electrons. The van der Waals surface area contributed by atoms with Gasteiger partial charge in [0.1, 0.15) is 0 Å². The van der Waals surface area contributed by atoms with Crippen molar-refractivity contribution in [2.75, 3.05) is 11.5 Å². The molecule has 0 saturated heterocycles. The minimum atomic E-state index is -0.103. The van der Waals surface area contributed by atoms with E-state index in [4.69, 9.17) is 8.37 Å². The monoisotopic (exact) mass is 604 g/mol. The Morgan fingerprint density at radius 3 is 0.825 bits per heavy atom. The molecule has 0 aromatic carbocycles. The van der Waals surface area contributed by atoms with E-state index < -0.39 is 0 Å². The van der Waals surface area contributed by atoms with Crippen molar-refractivity contribution in [3.63, 3.8) is 0 Å². The summed E-state index contributed by atoms with van der Waals surface area (Å²) in [6, 6.07) is 0. The molecule has 0 unspecified atom stereocenters. The third-order valence-corrected chi connectivity index (χ3v) is 8.56. The Labute approximate surface area is 259 Å². The molecule has 4 nitrogen and oxygen atoms in total. The van der Waals surface area contributed by atoms with Gasteiger partial charge in [-0.05, 0) is 12.8 Å². The lowest BCUT2D eigenvalue weighted by Gasteiger charge is -2.03. The van der Waals surface area contributed by atoms with Crippen LogP contribution in [-0.2, 0) is 18.0 Å². The summed E-state index contributed by atoms with van der Waals surface area (Å²) in [5.41, 5.74) is 0. The molecular weight excluding hydrogens is 537 g/mol. The third kappa shape index (κ3) is 39.8. The zero-order valence-electron chi connectivity index (χ0n) is 27.2. The fraction of sp³-hybridized carbons (Fsp3) is 0.941. The first-order chi connectivity index (χ1) is 19.6. The molecule has 40 heavy (non-hydrogen) atoms. The fourth-order valence-corrected chi connectivity index (χ4v) is 5.65. The molecule has 0 fully saturated rings. The second-order valence-electron chi connectivity index (χ2n) is 11.0. The second kappa shape index (κ2) is 38.6. The molecule has 0 rings (SSSR count). The van der Waals surface area contributed by atoms with E-state index in [2.05, 4.69) is 13.8 Å². The van der Waals surface area contributed by atoms with Crippen LogP contribution in [-0.4, -0.2) is 23.4 Å². The van der Waals surface area contributed by atoms with Gasteiger partial charge in [-0.2, -0.15) is 0 Å². The summed E-state index contributed by atoms with van der Waals surface area (Å²) in [5.74, 6) is 1.69. The van der Waals surface area contributed by atoms with Crippen molar-refractivity contribution in [2.45, 2.75) is 195 Å². The molecule has 0 aliphatic rings. The zero-order valence-corrected chi connectivity index (χ0v) is 28.9. The Morgan fingerprint density at radius 1 is 0.375 bits per heavy atom. The average molecular weight is 605 g/mol. The molecule has 0 saturated carbocycles. The lowest BCUT2D eigenvalue weighted by Crippen LogP contribution is -1.96. The molecule has 0 N–H and O–H groups in total. The van der Waals surface area contributed by atoms with E-state index >= 15 is 0 Å². The zero-order chi connectivity index (χ0) is 29.8. The van der Waals surface area contributed by atoms with Crippen LogP contribution in [0.3, 0.4) is 0 Å². The SMILES string of the molecule is CCCCCCCCCCCCCCSOC(=O)CC.CCCCCCCCCCCCCCSOC(=O)CC. The highest BCUT2D eigenvalue weighted by Gasteiger charge is 2.00. The maximum absolute atomic E-state index is 10.9. The van der Waals surface area contributed by atoms with Gasteiger partial charge in [0.15, 0.2) is 0 Å². The third-order valence-electron chi connectivity index (χ3n) is 7.04. The molecule has 0 bridgehead atoms. The molecule has 0 aromatic rings. The van der Waals surface area contributed by atoms with E-state index in [1.807, 2.05) is 13.8 Å². The smallest absolute Gasteiger partial charge is 0.317 e. The van der Waals surface area contributed by atoms with Crippen molar-refractivity contribution in [2.24, 2.45) is 0 Å². The van der Waals surface area contributed by atoms with Gasteiger partial charge in [-0.1, -0.05) is 169 Å². The number of carbonyl (C=O) groups is 2. The van der Waals surface area contributed by atoms with Gasteiger partial charge in [-0.3, -0.25) is 9.59 Å². The average Bonchev–Trinajstić information content (AvgIpc) is 2.97. The van der Waals surface area contributed by atoms with Crippen LogP contribution in [0.2, 0.25) is 0 Å². The van der Waals surface area contributed by atoms with E-state index in [0.29, 0.717) is 12.8 Å². The first-order valence-corrected chi connectivity index (χ1v) is 19.1. The Balaban J connectivity index is 0. The lowest BCUT2D eigenvalue weighted by atomic mass is 10.1. The van der Waals surface area contributed by atoms with Crippen molar-refractivity contribution < 1.29 is 18.0 Å². The summed E-state index contributed by atoms with van der Waals surface area (Å²) in [6.07, 6.45) is 33.8. The van der Waals surface area contributed by atoms with Crippen molar-refractivity contribution >= 4 is 36.0 Å². The summed E-state index contributed by atoms with van der Waals surface area (Å²) >= 11 is 2.64. The molecule has 0 aliphatic carbocycles. The van der Waals surface area contributed by atoms with Crippen LogP contribution in [0.15, 0.2) is 0 Å². The molecular formula is C34H68O4S2. The fourth-order valence-electron chi connectivity index (χ4n) is 4.34. The molecule has 6 heteroatoms. The molecule has 0 aliphatic heterocycles. The van der Waals surface area contributed by atoms with Crippen LogP contribution >= 0.6 is 24.1 Å². The first-order valence-electron chi connectivity index (χ1n) is 17.3. The number of hydrogen-bond donors (Lipinski definition) is 0. The summed E-state index contributed by atoms with van der Waals surface area (Å²) in [7, 11) is 0. The minimum absolute atomic E-state index is 0.103. The van der Waals surface area contributed by atoms with Crippen molar-refractivity contribution in [3.8, 4) is 0 Å². The Bertz CT molecular complexity index is 458. The summed E-state index contributed by atoms with van der Waals surface area (Å²) < 4.78 is 9.94. The highest BCUT2D eigenvalue weighted by atomic mass is 32.2. The van der Waals surface area contributed by atoms with Gasteiger partial charge in [0.2, 0.25) is 0 Å². The molecule has 0 amide bonds. The Hall–Kier alpha value is -0.360. The Kier molecular flexibility index (Phi) is 40.4. The molecule has 0 heterocycles. The summed E-state index contributed by atoms with van der Waals surface area (Å²) in [6.45, 7) is 8.19. The highest BCUT2D eigenvalue weighted by molar-refractivity contribution is 7.95. The minimum Gasteiger partial charge on any atom is -0.391 e. The van der Waals surface area contributed by atoms with Crippen LogP contribution < -0.4 is 0 Å². The van der Waals surface area contributed by atoms with Gasteiger partial charge in [0.25, 0.3) is 0 Å². The van der Waals surface area contributed by atoms with Crippen LogP contribution in [0.4, 0.5) is 0 Å². The van der Waals surface area contributed by atoms with Crippen molar-refractivity contribution in [1.82, 2.24) is 0 Å². The molecule has 0 radical (unpaired) electrons. The first kappa shape index (κ1) is 41.8. The predicted octanol–water partition coefficient (Wildman–Crippen LogP) is 12.6. The van der Waals surface area contributed by atoms with Gasteiger partial charge in [0, 0.05) is 24.3 Å². The molecule has 0 spiro atoms. The largest absolute Gasteiger partial charge is 0.391 e. The predicted molar refractivity (Wildman–Crippen MR) is 180 cm³/mol. The topological polar surface area (TPSA) is 52.6 Å². The van der Waals surface area contributed by atoms with Crippen LogP contribution in [0.1, 0.15) is 195 Å². The van der Waals surface area contributed by atoms with Crippen LogP contribution in [0, 0.1) is 0 Å². The van der Waals surface area contributed by atoms with Gasteiger partial charge in [-0.15, -0.1) is 0 Å². The van der Waals surface area contributed by atoms with Crippen molar-refractivity contribution in [1.29, 1.82) is 0 Å². The maximum atomic E-state index is 10.9. The van der Waals surface area contributed by atoms with E-state index in [1.165, 1.54) is 178 Å². The van der Waals surface area contributed by atoms with Crippen LogP contribution in [0.25, 0.3) is 0 Å². The standard InChI is InChI=1S/2C17H34O2S/c2*1-3-5-6-7-8-9-10-11-12-13-14-15-16-20-19-17(18)4-2/h2*3-16H2,1-2H3. The maximum Gasteiger partial charge on any atom is 0.317 e. The number of carbonyl (C=O) groups excluding carboxylic acids is 2. The number of rotatable bonds is 30. The van der Waals surface area contributed by atoms with Gasteiger partial charge >= 0.3 is 11.9 Å². The molecule has 0 aromatic heterocycles.